The molecule has 1 amide bonds. The fraction of sp³-hybridized carbons (Fsp3) is 0.900. The van der Waals surface area contributed by atoms with E-state index in [0.29, 0.717) is 5.92 Å². The first-order valence-corrected chi connectivity index (χ1v) is 5.69. The highest BCUT2D eigenvalue weighted by Gasteiger charge is 2.26. The summed E-state index contributed by atoms with van der Waals surface area (Å²) < 4.78 is 0. The van der Waals surface area contributed by atoms with Crippen LogP contribution in [0.4, 0.5) is 0 Å². The fourth-order valence-electron chi connectivity index (χ4n) is 1.87. The minimum atomic E-state index is -0.249. The predicted molar refractivity (Wildman–Crippen MR) is 59.4 cm³/mol. The van der Waals surface area contributed by atoms with E-state index < -0.39 is 0 Å². The lowest BCUT2D eigenvalue weighted by atomic mass is 9.92. The number of aliphatic hydroxyl groups excluding tert-OH is 1. The molecule has 1 heterocycles. The Kier molecular flexibility index (Phi) is 4.26. The summed E-state index contributed by atoms with van der Waals surface area (Å²) in [6.45, 7) is 5.15. The second-order valence-electron chi connectivity index (χ2n) is 4.08. The summed E-state index contributed by atoms with van der Waals surface area (Å²) in [6.07, 6.45) is 1.56. The van der Waals surface area contributed by atoms with Crippen LogP contribution in [0.2, 0.25) is 0 Å². The van der Waals surface area contributed by atoms with Gasteiger partial charge in [-0.3, -0.25) is 4.79 Å². The lowest BCUT2D eigenvalue weighted by Crippen LogP contribution is -2.43. The van der Waals surface area contributed by atoms with Gasteiger partial charge < -0.3 is 10.0 Å². The largest absolute Gasteiger partial charge is 0.393 e. The SMILES string of the molecule is CC(S)C(=O)N1CCC(C(C)O)CC1. The summed E-state index contributed by atoms with van der Waals surface area (Å²) in [4.78, 5) is 13.4. The van der Waals surface area contributed by atoms with Crippen LogP contribution in [0.5, 0.6) is 0 Å². The van der Waals surface area contributed by atoms with Crippen LogP contribution in [0.15, 0.2) is 0 Å². The monoisotopic (exact) mass is 217 g/mol. The second-order valence-corrected chi connectivity index (χ2v) is 4.85. The van der Waals surface area contributed by atoms with Crippen LogP contribution in [0, 0.1) is 5.92 Å². The van der Waals surface area contributed by atoms with Gasteiger partial charge in [-0.15, -0.1) is 0 Å². The summed E-state index contributed by atoms with van der Waals surface area (Å²) in [5.41, 5.74) is 0. The first kappa shape index (κ1) is 11.9. The van der Waals surface area contributed by atoms with Crippen LogP contribution in [-0.2, 0) is 4.79 Å². The molecule has 0 aromatic heterocycles. The average molecular weight is 217 g/mol. The van der Waals surface area contributed by atoms with Gasteiger partial charge in [0, 0.05) is 13.1 Å². The van der Waals surface area contributed by atoms with Crippen molar-refractivity contribution in [1.82, 2.24) is 4.90 Å². The van der Waals surface area contributed by atoms with E-state index in [-0.39, 0.29) is 17.3 Å². The molecule has 2 unspecified atom stereocenters. The van der Waals surface area contributed by atoms with Gasteiger partial charge in [-0.25, -0.2) is 0 Å². The average Bonchev–Trinajstić information content (AvgIpc) is 2.16. The second kappa shape index (κ2) is 5.03. The van der Waals surface area contributed by atoms with Crippen molar-refractivity contribution < 1.29 is 9.90 Å². The zero-order valence-electron chi connectivity index (χ0n) is 8.81. The molecular formula is C10H19NO2S. The van der Waals surface area contributed by atoms with Gasteiger partial charge in [0.25, 0.3) is 0 Å². The van der Waals surface area contributed by atoms with E-state index in [4.69, 9.17) is 0 Å². The topological polar surface area (TPSA) is 40.5 Å². The van der Waals surface area contributed by atoms with Crippen molar-refractivity contribution in [3.05, 3.63) is 0 Å². The quantitative estimate of drug-likeness (QED) is 0.675. The van der Waals surface area contributed by atoms with Crippen LogP contribution in [0.1, 0.15) is 26.7 Å². The Balaban J connectivity index is 2.39. The summed E-state index contributed by atoms with van der Waals surface area (Å²) in [5, 5.41) is 9.18. The third-order valence-corrected chi connectivity index (χ3v) is 3.11. The Morgan fingerprint density at radius 2 is 1.93 bits per heavy atom. The van der Waals surface area contributed by atoms with Crippen molar-refractivity contribution in [2.75, 3.05) is 13.1 Å². The van der Waals surface area contributed by atoms with E-state index in [1.54, 1.807) is 6.92 Å². The van der Waals surface area contributed by atoms with E-state index in [1.165, 1.54) is 0 Å². The third-order valence-electron chi connectivity index (χ3n) is 2.89. The molecule has 82 valence electrons. The fourth-order valence-corrected chi connectivity index (χ4v) is 2.03. The number of piperidine rings is 1. The summed E-state index contributed by atoms with van der Waals surface area (Å²) in [6, 6.07) is 0. The van der Waals surface area contributed by atoms with E-state index in [1.807, 2.05) is 11.8 Å². The number of carbonyl (C=O) groups excluding carboxylic acids is 1. The summed E-state index contributed by atoms with van der Waals surface area (Å²) in [7, 11) is 0. The van der Waals surface area contributed by atoms with Gasteiger partial charge in [0.1, 0.15) is 0 Å². The summed E-state index contributed by atoms with van der Waals surface area (Å²) >= 11 is 4.13. The highest BCUT2D eigenvalue weighted by atomic mass is 32.1. The first-order valence-electron chi connectivity index (χ1n) is 5.17. The van der Waals surface area contributed by atoms with Gasteiger partial charge in [0.2, 0.25) is 5.91 Å². The molecule has 1 saturated heterocycles. The van der Waals surface area contributed by atoms with Crippen molar-refractivity contribution in [2.24, 2.45) is 5.92 Å². The maximum atomic E-state index is 11.6. The first-order chi connectivity index (χ1) is 6.52. The zero-order valence-corrected chi connectivity index (χ0v) is 9.70. The molecule has 3 nitrogen and oxygen atoms in total. The minimum absolute atomic E-state index is 0.109. The van der Waals surface area contributed by atoms with Crippen LogP contribution < -0.4 is 0 Å². The van der Waals surface area contributed by atoms with Crippen LogP contribution in [0.25, 0.3) is 0 Å². The molecule has 0 aliphatic carbocycles. The van der Waals surface area contributed by atoms with Gasteiger partial charge >= 0.3 is 0 Å². The van der Waals surface area contributed by atoms with Crippen molar-refractivity contribution in [2.45, 2.75) is 38.0 Å². The maximum Gasteiger partial charge on any atom is 0.235 e. The van der Waals surface area contributed by atoms with Crippen molar-refractivity contribution in [3.63, 3.8) is 0 Å². The Labute approximate surface area is 90.9 Å². The molecule has 0 radical (unpaired) electrons. The van der Waals surface area contributed by atoms with Gasteiger partial charge in [0.15, 0.2) is 0 Å². The molecule has 0 aromatic carbocycles. The number of amides is 1. The van der Waals surface area contributed by atoms with Gasteiger partial charge in [0.05, 0.1) is 11.4 Å². The van der Waals surface area contributed by atoms with Crippen LogP contribution >= 0.6 is 12.6 Å². The van der Waals surface area contributed by atoms with Crippen LogP contribution in [0.3, 0.4) is 0 Å². The number of rotatable bonds is 2. The van der Waals surface area contributed by atoms with Crippen molar-refractivity contribution in [3.8, 4) is 0 Å². The van der Waals surface area contributed by atoms with Gasteiger partial charge in [-0.05, 0) is 32.6 Å². The molecule has 1 aliphatic heterocycles. The number of carbonyl (C=O) groups is 1. The maximum absolute atomic E-state index is 11.6. The minimum Gasteiger partial charge on any atom is -0.393 e. The standard InChI is InChI=1S/C10H19NO2S/c1-7(12)9-3-5-11(6-4-9)10(13)8(2)14/h7-9,12,14H,3-6H2,1-2H3. The van der Waals surface area contributed by atoms with Crippen LogP contribution in [-0.4, -0.2) is 40.4 Å². The van der Waals surface area contributed by atoms with E-state index >= 15 is 0 Å². The molecule has 1 fully saturated rings. The molecule has 0 aromatic rings. The number of hydrogen-bond acceptors (Lipinski definition) is 3. The lowest BCUT2D eigenvalue weighted by molar-refractivity contribution is -0.132. The van der Waals surface area contributed by atoms with Crippen molar-refractivity contribution in [1.29, 1.82) is 0 Å². The normalized spacial score (nSPS) is 23.3. The number of thiol groups is 1. The Morgan fingerprint density at radius 1 is 1.43 bits per heavy atom. The van der Waals surface area contributed by atoms with E-state index in [9.17, 15) is 9.90 Å². The highest BCUT2D eigenvalue weighted by molar-refractivity contribution is 7.81. The molecule has 14 heavy (non-hydrogen) atoms. The number of aliphatic hydroxyl groups is 1. The number of hydrogen-bond donors (Lipinski definition) is 2. The van der Waals surface area contributed by atoms with Gasteiger partial charge in [-0.1, -0.05) is 0 Å². The molecule has 0 spiro atoms. The molecule has 1 N–H and O–H groups in total. The van der Waals surface area contributed by atoms with Crippen molar-refractivity contribution >= 4 is 18.5 Å². The Hall–Kier alpha value is -0.220. The third kappa shape index (κ3) is 2.89. The smallest absolute Gasteiger partial charge is 0.235 e. The molecule has 0 saturated carbocycles. The lowest BCUT2D eigenvalue weighted by Gasteiger charge is -2.34. The predicted octanol–water partition coefficient (Wildman–Crippen LogP) is 0.924. The number of nitrogens with zero attached hydrogens (tertiary/aromatic N) is 1. The van der Waals surface area contributed by atoms with E-state index in [0.717, 1.165) is 25.9 Å². The molecular weight excluding hydrogens is 198 g/mol. The molecule has 0 bridgehead atoms. The molecule has 2 atom stereocenters. The summed E-state index contributed by atoms with van der Waals surface area (Å²) in [5.74, 6) is 0.464. The molecule has 1 aliphatic rings. The van der Waals surface area contributed by atoms with E-state index in [2.05, 4.69) is 12.6 Å². The Morgan fingerprint density at radius 3 is 2.29 bits per heavy atom. The number of likely N-dealkylation sites (tertiary alicyclic amines) is 1. The molecule has 4 heteroatoms. The van der Waals surface area contributed by atoms with Gasteiger partial charge in [-0.2, -0.15) is 12.6 Å². The zero-order chi connectivity index (χ0) is 10.7. The molecule has 1 rings (SSSR count). The Bertz CT molecular complexity index is 198. The highest BCUT2D eigenvalue weighted by Crippen LogP contribution is 2.21.